The Morgan fingerprint density at radius 1 is 1.31 bits per heavy atom. The third kappa shape index (κ3) is 3.96. The smallest absolute Gasteiger partial charge is 0.508 e. The Kier molecular flexibility index (Phi) is 2.95. The van der Waals surface area contributed by atoms with Gasteiger partial charge in [0.1, 0.15) is 11.5 Å². The molecule has 0 amide bonds. The van der Waals surface area contributed by atoms with Crippen LogP contribution in [0.5, 0.6) is 11.5 Å². The number of quaternary nitrogens is 1. The summed E-state index contributed by atoms with van der Waals surface area (Å²) in [7, 11) is 6.51. The van der Waals surface area contributed by atoms with Crippen molar-refractivity contribution in [2.24, 2.45) is 0 Å². The summed E-state index contributed by atoms with van der Waals surface area (Å²) >= 11 is 0. The van der Waals surface area contributed by atoms with Gasteiger partial charge in [-0.2, -0.15) is 0 Å². The van der Waals surface area contributed by atoms with Crippen molar-refractivity contribution in [3.63, 3.8) is 0 Å². The van der Waals surface area contributed by atoms with Crippen LogP contribution in [0.3, 0.4) is 0 Å². The summed E-state index contributed by atoms with van der Waals surface area (Å²) in [5, 5.41) is 9.16. The van der Waals surface area contributed by atoms with Crippen molar-refractivity contribution in [2.75, 3.05) is 21.1 Å². The van der Waals surface area contributed by atoms with E-state index in [0.717, 1.165) is 4.15 Å². The Morgan fingerprint density at radius 3 is 2.54 bits per heavy atom. The molecule has 1 aromatic carbocycles. The molecule has 70 valence electrons. The fourth-order valence-corrected chi connectivity index (χ4v) is 1.24. The molecule has 0 aromatic heterocycles. The lowest BCUT2D eigenvalue weighted by Gasteiger charge is -2.20. The molecule has 0 atom stereocenters. The number of aromatic hydroxyl groups is 1. The average Bonchev–Trinajstić information content (AvgIpc) is 2.00. The van der Waals surface area contributed by atoms with Gasteiger partial charge in [-0.1, -0.05) is 6.07 Å². The topological polar surface area (TPSA) is 29.5 Å². The molecule has 1 N–H and O–H groups in total. The van der Waals surface area contributed by atoms with Crippen molar-refractivity contribution >= 4 is 9.92 Å². The third-order valence-corrected chi connectivity index (χ3v) is 2.13. The maximum absolute atomic E-state index is 9.16. The normalized spacial score (nSPS) is 11.3. The van der Waals surface area contributed by atoms with Crippen LogP contribution < -0.4 is 4.43 Å². The highest BCUT2D eigenvalue weighted by atomic mass is 28.2. The summed E-state index contributed by atoms with van der Waals surface area (Å²) in [5.74, 6) is 0.954. The molecule has 13 heavy (non-hydrogen) atoms. The molecular weight excluding hydrogens is 182 g/mol. The monoisotopic (exact) mass is 196 g/mol. The zero-order valence-corrected chi connectivity index (χ0v) is 9.11. The van der Waals surface area contributed by atoms with Crippen LogP contribution in [0.25, 0.3) is 0 Å². The summed E-state index contributed by atoms with van der Waals surface area (Å²) in [4.78, 5) is 0. The van der Waals surface area contributed by atoms with Gasteiger partial charge in [-0.3, -0.25) is 0 Å². The first kappa shape index (κ1) is 10.1. The minimum absolute atomic E-state index is 0.240. The Hall–Kier alpha value is -1.00. The molecule has 0 aliphatic rings. The first-order valence-corrected chi connectivity index (χ1v) is 4.87. The molecule has 0 saturated carbocycles. The molecule has 1 rings (SSSR count). The van der Waals surface area contributed by atoms with Crippen LogP contribution in [-0.2, 0) is 0 Å². The predicted molar refractivity (Wildman–Crippen MR) is 52.5 cm³/mol. The van der Waals surface area contributed by atoms with Gasteiger partial charge in [0, 0.05) is 6.07 Å². The van der Waals surface area contributed by atoms with Crippen LogP contribution in [0.15, 0.2) is 24.3 Å². The SMILES string of the molecule is C[N+](C)(C)[Si]Oc1cccc(O)c1. The van der Waals surface area contributed by atoms with Crippen LogP contribution >= 0.6 is 0 Å². The highest BCUT2D eigenvalue weighted by molar-refractivity contribution is 6.18. The van der Waals surface area contributed by atoms with E-state index in [9.17, 15) is 0 Å². The molecule has 4 heteroatoms. The van der Waals surface area contributed by atoms with Crippen molar-refractivity contribution in [2.45, 2.75) is 0 Å². The summed E-state index contributed by atoms with van der Waals surface area (Å²) in [6, 6.07) is 6.85. The van der Waals surface area contributed by atoms with Gasteiger partial charge in [0.15, 0.2) is 0 Å². The van der Waals surface area contributed by atoms with Gasteiger partial charge in [-0.25, -0.2) is 0 Å². The van der Waals surface area contributed by atoms with Crippen LogP contribution in [0, 0.1) is 0 Å². The molecule has 3 nitrogen and oxygen atoms in total. The van der Waals surface area contributed by atoms with E-state index in [4.69, 9.17) is 9.53 Å². The molecule has 1 aromatic rings. The summed E-state index contributed by atoms with van der Waals surface area (Å²) < 4.78 is 6.25. The molecule has 0 heterocycles. The standard InChI is InChI=1S/C9H14NO2Si/c1-10(2,3)13-12-9-6-4-5-8(11)7-9/h4-7,11H,1-3H3/q+1. The van der Waals surface area contributed by atoms with Gasteiger partial charge >= 0.3 is 9.92 Å². The molecule has 0 aliphatic carbocycles. The number of benzene rings is 1. The molecule has 0 spiro atoms. The van der Waals surface area contributed by atoms with Gasteiger partial charge in [-0.05, 0) is 12.1 Å². The Labute approximate surface area is 81.2 Å². The first-order chi connectivity index (χ1) is 5.97. The van der Waals surface area contributed by atoms with Crippen molar-refractivity contribution in [3.05, 3.63) is 24.3 Å². The lowest BCUT2D eigenvalue weighted by Crippen LogP contribution is -2.41. The number of hydrogen-bond donors (Lipinski definition) is 1. The van der Waals surface area contributed by atoms with Crippen LogP contribution in [0.2, 0.25) is 0 Å². The predicted octanol–water partition coefficient (Wildman–Crippen LogP) is 1.01. The largest absolute Gasteiger partial charge is 0.691 e. The van der Waals surface area contributed by atoms with Crippen molar-refractivity contribution < 1.29 is 13.7 Å². The van der Waals surface area contributed by atoms with Crippen molar-refractivity contribution in [1.29, 1.82) is 0 Å². The van der Waals surface area contributed by atoms with E-state index in [1.807, 2.05) is 6.07 Å². The Balaban J connectivity index is 2.55. The molecule has 2 radical (unpaired) electrons. The second kappa shape index (κ2) is 3.80. The van der Waals surface area contributed by atoms with Crippen LogP contribution in [0.1, 0.15) is 0 Å². The highest BCUT2D eigenvalue weighted by Gasteiger charge is 2.16. The molecule has 0 fully saturated rings. The lowest BCUT2D eigenvalue weighted by atomic mass is 10.3. The molecule has 0 saturated heterocycles. The number of phenolic OH excluding ortho intramolecular Hbond substituents is 1. The Morgan fingerprint density at radius 2 is 2.00 bits per heavy atom. The van der Waals surface area contributed by atoms with Gasteiger partial charge in [-0.15, -0.1) is 0 Å². The average molecular weight is 196 g/mol. The zero-order valence-electron chi connectivity index (χ0n) is 8.11. The molecule has 0 bridgehead atoms. The van der Waals surface area contributed by atoms with E-state index < -0.39 is 0 Å². The van der Waals surface area contributed by atoms with E-state index in [1.165, 1.54) is 0 Å². The second-order valence-corrected chi connectivity index (χ2v) is 5.43. The van der Waals surface area contributed by atoms with Gasteiger partial charge < -0.3 is 13.7 Å². The fraction of sp³-hybridized carbons (Fsp3) is 0.333. The minimum Gasteiger partial charge on any atom is -0.508 e. The number of nitrogens with zero attached hydrogens (tertiary/aromatic N) is 1. The van der Waals surface area contributed by atoms with E-state index in [1.54, 1.807) is 18.2 Å². The first-order valence-electron chi connectivity index (χ1n) is 4.02. The Bertz CT molecular complexity index is 283. The van der Waals surface area contributed by atoms with Gasteiger partial charge in [0.2, 0.25) is 0 Å². The van der Waals surface area contributed by atoms with Crippen molar-refractivity contribution in [1.82, 2.24) is 0 Å². The fourth-order valence-electron chi connectivity index (χ4n) is 0.737. The van der Waals surface area contributed by atoms with E-state index in [2.05, 4.69) is 21.1 Å². The third-order valence-electron chi connectivity index (χ3n) is 1.25. The number of rotatable bonds is 3. The number of hydrogen-bond acceptors (Lipinski definition) is 2. The molecule has 0 unspecified atom stereocenters. The zero-order chi connectivity index (χ0) is 9.90. The second-order valence-electron chi connectivity index (χ2n) is 3.70. The molecule has 0 aliphatic heterocycles. The highest BCUT2D eigenvalue weighted by Crippen LogP contribution is 2.17. The maximum atomic E-state index is 9.16. The summed E-state index contributed by atoms with van der Waals surface area (Å²) in [5.41, 5.74) is 0. The van der Waals surface area contributed by atoms with E-state index >= 15 is 0 Å². The summed E-state index contributed by atoms with van der Waals surface area (Å²) in [6.07, 6.45) is 0. The van der Waals surface area contributed by atoms with E-state index in [-0.39, 0.29) is 5.75 Å². The van der Waals surface area contributed by atoms with Crippen LogP contribution in [-0.4, -0.2) is 40.3 Å². The molecular formula is C9H14NO2Si+. The number of phenols is 1. The van der Waals surface area contributed by atoms with Gasteiger partial charge in [0.05, 0.1) is 21.1 Å². The van der Waals surface area contributed by atoms with Crippen LogP contribution in [0.4, 0.5) is 0 Å². The summed E-state index contributed by atoms with van der Waals surface area (Å²) in [6.45, 7) is 0. The van der Waals surface area contributed by atoms with Crippen molar-refractivity contribution in [3.8, 4) is 11.5 Å². The lowest BCUT2D eigenvalue weighted by molar-refractivity contribution is -0.761. The van der Waals surface area contributed by atoms with E-state index in [0.29, 0.717) is 15.7 Å². The quantitative estimate of drug-likeness (QED) is 0.731. The minimum atomic E-state index is 0.240. The maximum Gasteiger partial charge on any atom is 0.691 e. The van der Waals surface area contributed by atoms with Gasteiger partial charge in [0.25, 0.3) is 0 Å².